The molecule has 0 spiro atoms. The van der Waals surface area contributed by atoms with Crippen LogP contribution in [0, 0.1) is 12.8 Å². The molecular formula is C24H27N3O4S2. The Kier molecular flexibility index (Phi) is 7.21. The molecule has 7 nitrogen and oxygen atoms in total. The van der Waals surface area contributed by atoms with Crippen molar-refractivity contribution in [2.24, 2.45) is 5.92 Å². The number of benzene rings is 2. The van der Waals surface area contributed by atoms with Crippen molar-refractivity contribution in [2.45, 2.75) is 42.2 Å². The van der Waals surface area contributed by atoms with Gasteiger partial charge >= 0.3 is 0 Å². The third kappa shape index (κ3) is 5.66. The number of nitrogens with zero attached hydrogens (tertiary/aromatic N) is 2. The Morgan fingerprint density at radius 2 is 1.97 bits per heavy atom. The zero-order valence-electron chi connectivity index (χ0n) is 18.7. The van der Waals surface area contributed by atoms with Crippen LogP contribution < -0.4 is 5.32 Å². The second-order valence-electron chi connectivity index (χ2n) is 8.30. The Morgan fingerprint density at radius 3 is 2.67 bits per heavy atom. The molecule has 0 unspecified atom stereocenters. The molecule has 2 heterocycles. The van der Waals surface area contributed by atoms with Gasteiger partial charge < -0.3 is 9.84 Å². The highest BCUT2D eigenvalue weighted by Gasteiger charge is 2.28. The predicted octanol–water partition coefficient (Wildman–Crippen LogP) is 4.95. The molecule has 1 saturated heterocycles. The van der Waals surface area contributed by atoms with Crippen LogP contribution in [0.25, 0.3) is 0 Å². The van der Waals surface area contributed by atoms with Crippen LogP contribution in [0.15, 0.2) is 68.9 Å². The number of thioether (sulfide) groups is 1. The quantitative estimate of drug-likeness (QED) is 0.476. The molecule has 1 aliphatic heterocycles. The van der Waals surface area contributed by atoms with Gasteiger partial charge in [-0.15, -0.1) is 11.8 Å². The lowest BCUT2D eigenvalue weighted by atomic mass is 10.0. The molecule has 1 N–H and O–H groups in total. The number of hydrogen-bond donors (Lipinski definition) is 1. The van der Waals surface area contributed by atoms with E-state index in [1.165, 1.54) is 11.8 Å². The number of amides is 1. The van der Waals surface area contributed by atoms with E-state index in [-0.39, 0.29) is 10.8 Å². The summed E-state index contributed by atoms with van der Waals surface area (Å²) in [4.78, 5) is 14.0. The van der Waals surface area contributed by atoms with Crippen molar-refractivity contribution in [3.63, 3.8) is 0 Å². The monoisotopic (exact) mass is 485 g/mol. The van der Waals surface area contributed by atoms with Gasteiger partial charge in [0.05, 0.1) is 16.2 Å². The van der Waals surface area contributed by atoms with E-state index in [1.807, 2.05) is 31.2 Å². The highest BCUT2D eigenvalue weighted by Crippen LogP contribution is 2.28. The fraction of sp³-hybridized carbons (Fsp3) is 0.333. The van der Waals surface area contributed by atoms with E-state index >= 15 is 0 Å². The van der Waals surface area contributed by atoms with Gasteiger partial charge in [0.15, 0.2) is 0 Å². The molecule has 1 aromatic heterocycles. The van der Waals surface area contributed by atoms with E-state index in [9.17, 15) is 13.2 Å². The number of carbonyl (C=O) groups excluding carboxylic acids is 1. The van der Waals surface area contributed by atoms with E-state index in [1.54, 1.807) is 34.6 Å². The van der Waals surface area contributed by atoms with E-state index in [0.29, 0.717) is 36.0 Å². The third-order valence-corrected chi connectivity index (χ3v) is 8.54. The van der Waals surface area contributed by atoms with Crippen molar-refractivity contribution in [2.75, 3.05) is 18.4 Å². The predicted molar refractivity (Wildman–Crippen MR) is 129 cm³/mol. The minimum Gasteiger partial charge on any atom is -0.361 e. The van der Waals surface area contributed by atoms with E-state index in [0.717, 1.165) is 29.2 Å². The lowest BCUT2D eigenvalue weighted by Gasteiger charge is -2.30. The first-order chi connectivity index (χ1) is 15.8. The summed E-state index contributed by atoms with van der Waals surface area (Å²) in [7, 11) is -3.53. The SMILES string of the molecule is Cc1cc(CSc2ccccc2C(=O)Nc2ccc(S(=O)(=O)N3CCC[C@@H](C)C3)cc2)no1. The van der Waals surface area contributed by atoms with Crippen LogP contribution in [-0.4, -0.2) is 36.9 Å². The number of rotatable bonds is 7. The minimum absolute atomic E-state index is 0.244. The van der Waals surface area contributed by atoms with Crippen molar-refractivity contribution in [1.82, 2.24) is 9.46 Å². The average molecular weight is 486 g/mol. The molecular weight excluding hydrogens is 458 g/mol. The molecule has 174 valence electrons. The maximum atomic E-state index is 12.9. The van der Waals surface area contributed by atoms with Gasteiger partial charge in [-0.3, -0.25) is 4.79 Å². The molecule has 1 amide bonds. The lowest BCUT2D eigenvalue weighted by Crippen LogP contribution is -2.39. The van der Waals surface area contributed by atoms with Crippen LogP contribution >= 0.6 is 11.8 Å². The molecule has 33 heavy (non-hydrogen) atoms. The van der Waals surface area contributed by atoms with Crippen LogP contribution in [0.4, 0.5) is 5.69 Å². The van der Waals surface area contributed by atoms with Gasteiger partial charge in [0, 0.05) is 35.5 Å². The Morgan fingerprint density at radius 1 is 1.21 bits per heavy atom. The summed E-state index contributed by atoms with van der Waals surface area (Å²) in [5, 5.41) is 6.86. The van der Waals surface area contributed by atoms with E-state index in [4.69, 9.17) is 4.52 Å². The highest BCUT2D eigenvalue weighted by molar-refractivity contribution is 7.98. The molecule has 9 heteroatoms. The molecule has 0 radical (unpaired) electrons. The fourth-order valence-corrected chi connectivity index (χ4v) is 6.37. The number of anilines is 1. The first-order valence-corrected chi connectivity index (χ1v) is 13.3. The summed E-state index contributed by atoms with van der Waals surface area (Å²) in [6.07, 6.45) is 1.93. The van der Waals surface area contributed by atoms with E-state index in [2.05, 4.69) is 17.4 Å². The Bertz CT molecular complexity index is 1220. The van der Waals surface area contributed by atoms with Crippen LogP contribution in [0.5, 0.6) is 0 Å². The standard InChI is InChI=1S/C24H27N3O4S2/c1-17-6-5-13-27(15-17)33(29,30)21-11-9-19(10-12-21)25-24(28)22-7-3-4-8-23(22)32-16-20-14-18(2)31-26-20/h3-4,7-12,14,17H,5-6,13,15-16H2,1-2H3,(H,25,28)/t17-/m1/s1. The van der Waals surface area contributed by atoms with Crippen molar-refractivity contribution >= 4 is 33.4 Å². The van der Waals surface area contributed by atoms with Gasteiger partial charge in [-0.1, -0.05) is 24.2 Å². The van der Waals surface area contributed by atoms with Crippen molar-refractivity contribution < 1.29 is 17.7 Å². The Balaban J connectivity index is 1.44. The smallest absolute Gasteiger partial charge is 0.256 e. The molecule has 1 atom stereocenters. The van der Waals surface area contributed by atoms with Crippen LogP contribution in [0.3, 0.4) is 0 Å². The number of aromatic nitrogens is 1. The van der Waals surface area contributed by atoms with Gasteiger partial charge in [-0.2, -0.15) is 4.31 Å². The van der Waals surface area contributed by atoms with E-state index < -0.39 is 10.0 Å². The van der Waals surface area contributed by atoms with Crippen molar-refractivity contribution in [3.05, 3.63) is 71.6 Å². The Hall–Kier alpha value is -2.62. The maximum absolute atomic E-state index is 12.9. The van der Waals surface area contributed by atoms with Gasteiger partial charge in [-0.25, -0.2) is 8.42 Å². The number of nitrogens with one attached hydrogen (secondary N) is 1. The van der Waals surface area contributed by atoms with Gasteiger partial charge in [0.2, 0.25) is 10.0 Å². The first-order valence-electron chi connectivity index (χ1n) is 10.9. The van der Waals surface area contributed by atoms with Crippen molar-refractivity contribution in [3.8, 4) is 0 Å². The largest absolute Gasteiger partial charge is 0.361 e. The second-order valence-corrected chi connectivity index (χ2v) is 11.3. The van der Waals surface area contributed by atoms with Crippen LogP contribution in [-0.2, 0) is 15.8 Å². The summed E-state index contributed by atoms with van der Waals surface area (Å²) in [6, 6.07) is 15.6. The first kappa shape index (κ1) is 23.5. The molecule has 0 bridgehead atoms. The molecule has 1 fully saturated rings. The topological polar surface area (TPSA) is 92.5 Å². The summed E-state index contributed by atoms with van der Waals surface area (Å²) in [5.74, 6) is 1.44. The number of carbonyl (C=O) groups is 1. The number of hydrogen-bond acceptors (Lipinski definition) is 6. The molecule has 2 aromatic carbocycles. The molecule has 0 aliphatic carbocycles. The zero-order valence-corrected chi connectivity index (χ0v) is 20.3. The number of aryl methyl sites for hydroxylation is 1. The summed E-state index contributed by atoms with van der Waals surface area (Å²) >= 11 is 1.51. The summed E-state index contributed by atoms with van der Waals surface area (Å²) < 4.78 is 32.5. The average Bonchev–Trinajstić information content (AvgIpc) is 3.23. The van der Waals surface area contributed by atoms with Gasteiger partial charge in [-0.05, 0) is 62.1 Å². The third-order valence-electron chi connectivity index (χ3n) is 5.55. The van der Waals surface area contributed by atoms with Gasteiger partial charge in [0.1, 0.15) is 5.76 Å². The molecule has 3 aromatic rings. The van der Waals surface area contributed by atoms with Gasteiger partial charge in [0.25, 0.3) is 5.91 Å². The number of piperidine rings is 1. The second kappa shape index (κ2) is 10.1. The van der Waals surface area contributed by atoms with Crippen LogP contribution in [0.1, 0.15) is 41.6 Å². The fourth-order valence-electron chi connectivity index (χ4n) is 3.84. The van der Waals surface area contributed by atoms with Crippen molar-refractivity contribution in [1.29, 1.82) is 0 Å². The Labute approximate surface area is 198 Å². The zero-order chi connectivity index (χ0) is 23.4. The number of sulfonamides is 1. The van der Waals surface area contributed by atoms with Crippen LogP contribution in [0.2, 0.25) is 0 Å². The normalized spacial score (nSPS) is 17.1. The molecule has 1 aliphatic rings. The summed E-state index contributed by atoms with van der Waals surface area (Å²) in [6.45, 7) is 5.01. The minimum atomic E-state index is -3.53. The lowest BCUT2D eigenvalue weighted by molar-refractivity contribution is 0.102. The molecule has 4 rings (SSSR count). The maximum Gasteiger partial charge on any atom is 0.256 e. The highest BCUT2D eigenvalue weighted by atomic mass is 32.2. The summed E-state index contributed by atoms with van der Waals surface area (Å²) in [5.41, 5.74) is 1.90. The molecule has 0 saturated carbocycles.